The van der Waals surface area contributed by atoms with Crippen molar-refractivity contribution in [3.8, 4) is 11.5 Å². The van der Waals surface area contributed by atoms with Gasteiger partial charge in [0.2, 0.25) is 0 Å². The molecule has 0 amide bonds. The summed E-state index contributed by atoms with van der Waals surface area (Å²) in [6, 6.07) is 5.85. The lowest BCUT2D eigenvalue weighted by Crippen LogP contribution is -2.12. The molecule has 3 heteroatoms. The molecule has 0 aliphatic carbocycles. The average Bonchev–Trinajstić information content (AvgIpc) is 2.40. The highest BCUT2D eigenvalue weighted by atomic mass is 16.5. The van der Waals surface area contributed by atoms with Crippen LogP contribution in [-0.4, -0.2) is 13.2 Å². The Bertz CT molecular complexity index is 325. The zero-order valence-electron chi connectivity index (χ0n) is 8.32. The molecule has 76 valence electrons. The van der Waals surface area contributed by atoms with Crippen molar-refractivity contribution in [1.82, 2.24) is 0 Å². The van der Waals surface area contributed by atoms with Crippen LogP contribution in [0.15, 0.2) is 18.2 Å². The number of hydrogen-bond acceptors (Lipinski definition) is 3. The van der Waals surface area contributed by atoms with E-state index in [1.165, 1.54) is 0 Å². The molecule has 14 heavy (non-hydrogen) atoms. The van der Waals surface area contributed by atoms with Gasteiger partial charge in [-0.3, -0.25) is 0 Å². The van der Waals surface area contributed by atoms with Crippen molar-refractivity contribution in [3.05, 3.63) is 23.8 Å². The highest BCUT2D eigenvalue weighted by Gasteiger charge is 2.14. The van der Waals surface area contributed by atoms with E-state index in [0.29, 0.717) is 19.1 Å². The fourth-order valence-corrected chi connectivity index (χ4v) is 1.42. The minimum atomic E-state index is 0.434. The van der Waals surface area contributed by atoms with Crippen LogP contribution in [-0.2, 0) is 6.54 Å². The summed E-state index contributed by atoms with van der Waals surface area (Å²) >= 11 is 0. The van der Waals surface area contributed by atoms with Crippen molar-refractivity contribution in [1.29, 1.82) is 0 Å². The maximum Gasteiger partial charge on any atom is 0.161 e. The van der Waals surface area contributed by atoms with Crippen LogP contribution in [0.1, 0.15) is 12.5 Å². The summed E-state index contributed by atoms with van der Waals surface area (Å²) in [4.78, 5) is 0. The van der Waals surface area contributed by atoms with E-state index < -0.39 is 0 Å². The van der Waals surface area contributed by atoms with Crippen LogP contribution in [0.25, 0.3) is 0 Å². The molecule has 2 N–H and O–H groups in total. The summed E-state index contributed by atoms with van der Waals surface area (Å²) in [6.45, 7) is 4.07. The fourth-order valence-electron chi connectivity index (χ4n) is 1.42. The summed E-state index contributed by atoms with van der Waals surface area (Å²) in [7, 11) is 0. The Balaban J connectivity index is 2.27. The molecule has 1 unspecified atom stereocenters. The molecule has 0 fully saturated rings. The Hall–Kier alpha value is -1.22. The molecule has 0 radical (unpaired) electrons. The second-order valence-corrected chi connectivity index (χ2v) is 3.71. The molecule has 0 bridgehead atoms. The molecule has 0 aromatic heterocycles. The Labute approximate surface area is 83.8 Å². The number of fused-ring (bicyclic) bond motifs is 1. The van der Waals surface area contributed by atoms with E-state index in [0.717, 1.165) is 23.7 Å². The monoisotopic (exact) mass is 193 g/mol. The first-order valence-corrected chi connectivity index (χ1v) is 4.88. The van der Waals surface area contributed by atoms with Gasteiger partial charge in [-0.15, -0.1) is 0 Å². The van der Waals surface area contributed by atoms with Crippen LogP contribution in [0.3, 0.4) is 0 Å². The van der Waals surface area contributed by atoms with Gasteiger partial charge in [-0.25, -0.2) is 0 Å². The Kier molecular flexibility index (Phi) is 2.59. The van der Waals surface area contributed by atoms with Crippen molar-refractivity contribution in [3.63, 3.8) is 0 Å². The number of hydrogen-bond donors (Lipinski definition) is 1. The number of nitrogens with two attached hydrogens (primary N) is 1. The van der Waals surface area contributed by atoms with Crippen LogP contribution in [0.5, 0.6) is 11.5 Å². The van der Waals surface area contributed by atoms with Crippen molar-refractivity contribution >= 4 is 0 Å². The zero-order valence-corrected chi connectivity index (χ0v) is 8.32. The molecule has 0 saturated carbocycles. The van der Waals surface area contributed by atoms with Crippen LogP contribution in [0.2, 0.25) is 0 Å². The quantitative estimate of drug-likeness (QED) is 0.736. The molecule has 1 aliphatic rings. The normalized spacial score (nSPS) is 20.3. The van der Waals surface area contributed by atoms with Gasteiger partial charge in [-0.2, -0.15) is 0 Å². The van der Waals surface area contributed by atoms with Crippen molar-refractivity contribution in [2.24, 2.45) is 11.7 Å². The van der Waals surface area contributed by atoms with Gasteiger partial charge in [0.05, 0.1) is 13.2 Å². The first-order valence-electron chi connectivity index (χ1n) is 4.88. The molecule has 0 saturated heterocycles. The van der Waals surface area contributed by atoms with Crippen molar-refractivity contribution < 1.29 is 9.47 Å². The predicted octanol–water partition coefficient (Wildman–Crippen LogP) is 1.55. The molecule has 3 nitrogen and oxygen atoms in total. The average molecular weight is 193 g/mol. The standard InChI is InChI=1S/C11H15NO2/c1-8-6-13-10-3-2-9(5-12)4-11(10)14-7-8/h2-4,8H,5-7,12H2,1H3. The predicted molar refractivity (Wildman–Crippen MR) is 54.5 cm³/mol. The summed E-state index contributed by atoms with van der Waals surface area (Å²) in [6.07, 6.45) is 0. The van der Waals surface area contributed by atoms with Crippen LogP contribution < -0.4 is 15.2 Å². The molecule has 1 aliphatic heterocycles. The van der Waals surface area contributed by atoms with E-state index in [1.54, 1.807) is 0 Å². The largest absolute Gasteiger partial charge is 0.489 e. The van der Waals surface area contributed by atoms with E-state index >= 15 is 0 Å². The van der Waals surface area contributed by atoms with Gasteiger partial charge in [0.25, 0.3) is 0 Å². The second kappa shape index (κ2) is 3.88. The Morgan fingerprint density at radius 2 is 2.00 bits per heavy atom. The molecular weight excluding hydrogens is 178 g/mol. The lowest BCUT2D eigenvalue weighted by atomic mass is 10.2. The van der Waals surface area contributed by atoms with Crippen molar-refractivity contribution in [2.45, 2.75) is 13.5 Å². The van der Waals surface area contributed by atoms with E-state index in [2.05, 4.69) is 6.92 Å². The van der Waals surface area contributed by atoms with Crippen molar-refractivity contribution in [2.75, 3.05) is 13.2 Å². The number of rotatable bonds is 1. The van der Waals surface area contributed by atoms with Gasteiger partial charge in [0, 0.05) is 12.5 Å². The number of benzene rings is 1. The van der Waals surface area contributed by atoms with Crippen LogP contribution in [0.4, 0.5) is 0 Å². The SMILES string of the molecule is CC1COc2ccc(CN)cc2OC1. The number of ether oxygens (including phenoxy) is 2. The third-order valence-electron chi connectivity index (χ3n) is 2.29. The van der Waals surface area contributed by atoms with Gasteiger partial charge >= 0.3 is 0 Å². The van der Waals surface area contributed by atoms with Gasteiger partial charge in [0.1, 0.15) is 0 Å². The summed E-state index contributed by atoms with van der Waals surface area (Å²) < 4.78 is 11.2. The third-order valence-corrected chi connectivity index (χ3v) is 2.29. The maximum absolute atomic E-state index is 5.62. The molecule has 0 spiro atoms. The van der Waals surface area contributed by atoms with E-state index in [-0.39, 0.29) is 0 Å². The summed E-state index contributed by atoms with van der Waals surface area (Å²) in [5.74, 6) is 2.08. The Morgan fingerprint density at radius 3 is 2.71 bits per heavy atom. The smallest absolute Gasteiger partial charge is 0.161 e. The first-order chi connectivity index (χ1) is 6.79. The van der Waals surface area contributed by atoms with E-state index in [1.807, 2.05) is 18.2 Å². The second-order valence-electron chi connectivity index (χ2n) is 3.71. The zero-order chi connectivity index (χ0) is 9.97. The third kappa shape index (κ3) is 1.82. The lowest BCUT2D eigenvalue weighted by Gasteiger charge is -2.07. The molecule has 1 heterocycles. The van der Waals surface area contributed by atoms with E-state index in [4.69, 9.17) is 15.2 Å². The lowest BCUT2D eigenvalue weighted by molar-refractivity contribution is 0.228. The molecule has 1 aromatic carbocycles. The van der Waals surface area contributed by atoms with Gasteiger partial charge in [-0.05, 0) is 17.7 Å². The summed E-state index contributed by atoms with van der Waals surface area (Å²) in [5.41, 5.74) is 6.62. The summed E-state index contributed by atoms with van der Waals surface area (Å²) in [5, 5.41) is 0. The molecular formula is C11H15NO2. The van der Waals surface area contributed by atoms with Gasteiger partial charge in [-0.1, -0.05) is 13.0 Å². The van der Waals surface area contributed by atoms with Gasteiger partial charge < -0.3 is 15.2 Å². The Morgan fingerprint density at radius 1 is 1.29 bits per heavy atom. The minimum absolute atomic E-state index is 0.434. The molecule has 2 rings (SSSR count). The fraction of sp³-hybridized carbons (Fsp3) is 0.455. The molecule has 1 atom stereocenters. The van der Waals surface area contributed by atoms with Gasteiger partial charge in [0.15, 0.2) is 11.5 Å². The maximum atomic E-state index is 5.62. The van der Waals surface area contributed by atoms with E-state index in [9.17, 15) is 0 Å². The molecule has 1 aromatic rings. The topological polar surface area (TPSA) is 44.5 Å². The van der Waals surface area contributed by atoms with Crippen LogP contribution >= 0.6 is 0 Å². The highest BCUT2D eigenvalue weighted by Crippen LogP contribution is 2.31. The van der Waals surface area contributed by atoms with Crippen LogP contribution in [0, 0.1) is 5.92 Å². The highest BCUT2D eigenvalue weighted by molar-refractivity contribution is 5.43. The first kappa shape index (κ1) is 9.34. The minimum Gasteiger partial charge on any atom is -0.489 e.